The number of carbonyl (C=O) groups is 2. The van der Waals surface area contributed by atoms with E-state index in [1.54, 1.807) is 10.3 Å². The predicted molar refractivity (Wildman–Crippen MR) is 134 cm³/mol. The zero-order valence-corrected chi connectivity index (χ0v) is 21.1. The van der Waals surface area contributed by atoms with E-state index in [-0.39, 0.29) is 18.8 Å². The van der Waals surface area contributed by atoms with Crippen molar-refractivity contribution in [1.29, 1.82) is 0 Å². The molecule has 0 aliphatic carbocycles. The van der Waals surface area contributed by atoms with Gasteiger partial charge in [0.25, 0.3) is 5.91 Å². The highest BCUT2D eigenvalue weighted by molar-refractivity contribution is 7.09. The minimum atomic E-state index is -0.649. The summed E-state index contributed by atoms with van der Waals surface area (Å²) in [6.07, 6.45) is 2.53. The molecule has 3 heterocycles. The minimum Gasteiger partial charge on any atom is -0.444 e. The molecule has 3 aromatic heterocycles. The summed E-state index contributed by atoms with van der Waals surface area (Å²) in [6.45, 7) is 6.03. The van der Waals surface area contributed by atoms with Gasteiger partial charge >= 0.3 is 6.09 Å². The molecule has 0 atom stereocenters. The number of nitrogens with zero attached hydrogens (tertiary/aromatic N) is 4. The third-order valence-corrected chi connectivity index (χ3v) is 6.02. The molecule has 1 aromatic carbocycles. The van der Waals surface area contributed by atoms with Crippen LogP contribution >= 0.6 is 11.3 Å². The van der Waals surface area contributed by atoms with Crippen molar-refractivity contribution >= 4 is 34.4 Å². The van der Waals surface area contributed by atoms with Crippen LogP contribution in [0.4, 0.5) is 9.18 Å². The van der Waals surface area contributed by atoms with Crippen molar-refractivity contribution in [2.75, 3.05) is 6.54 Å². The molecule has 4 aromatic rings. The van der Waals surface area contributed by atoms with Crippen LogP contribution in [0.15, 0.2) is 48.1 Å². The first-order valence-electron chi connectivity index (χ1n) is 11.4. The van der Waals surface area contributed by atoms with Gasteiger partial charge in [0, 0.05) is 36.7 Å². The number of aromatic amines is 1. The van der Waals surface area contributed by atoms with Crippen LogP contribution in [0.25, 0.3) is 11.0 Å². The lowest BCUT2D eigenvalue weighted by Crippen LogP contribution is -2.38. The van der Waals surface area contributed by atoms with Crippen molar-refractivity contribution in [1.82, 2.24) is 30.2 Å². The molecule has 0 bridgehead atoms. The average Bonchev–Trinajstić information content (AvgIpc) is 3.46. The van der Waals surface area contributed by atoms with Gasteiger partial charge in [0.15, 0.2) is 0 Å². The Morgan fingerprint density at radius 2 is 2.00 bits per heavy atom. The maximum Gasteiger partial charge on any atom is 0.410 e. The van der Waals surface area contributed by atoms with Crippen LogP contribution in [0, 0.1) is 5.82 Å². The number of hydrogen-bond acceptors (Lipinski definition) is 7. The number of rotatable bonds is 8. The summed E-state index contributed by atoms with van der Waals surface area (Å²) < 4.78 is 19.3. The first-order chi connectivity index (χ1) is 17.2. The maximum atomic E-state index is 13.7. The van der Waals surface area contributed by atoms with Gasteiger partial charge < -0.3 is 19.9 Å². The Labute approximate surface area is 211 Å². The molecule has 0 saturated heterocycles. The van der Waals surface area contributed by atoms with E-state index in [4.69, 9.17) is 4.74 Å². The fourth-order valence-electron chi connectivity index (χ4n) is 3.40. The third kappa shape index (κ3) is 6.63. The van der Waals surface area contributed by atoms with E-state index in [2.05, 4.69) is 25.3 Å². The molecule has 4 rings (SSSR count). The molecular formula is C25H27FN6O3S. The highest BCUT2D eigenvalue weighted by atomic mass is 32.1. The Morgan fingerprint density at radius 1 is 1.19 bits per heavy atom. The van der Waals surface area contributed by atoms with Crippen molar-refractivity contribution in [2.24, 2.45) is 0 Å². The summed E-state index contributed by atoms with van der Waals surface area (Å²) in [5.41, 5.74) is 1.64. The number of amides is 2. The lowest BCUT2D eigenvalue weighted by molar-refractivity contribution is 0.0231. The van der Waals surface area contributed by atoms with Crippen LogP contribution in [-0.2, 0) is 24.2 Å². The Balaban J connectivity index is 1.40. The zero-order chi connectivity index (χ0) is 25.7. The van der Waals surface area contributed by atoms with Gasteiger partial charge in [-0.15, -0.1) is 11.3 Å². The summed E-state index contributed by atoms with van der Waals surface area (Å²) >= 11 is 1.32. The van der Waals surface area contributed by atoms with Crippen LogP contribution in [-0.4, -0.2) is 49.0 Å². The monoisotopic (exact) mass is 510 g/mol. The van der Waals surface area contributed by atoms with Crippen LogP contribution in [0.1, 0.15) is 47.7 Å². The molecule has 0 aliphatic rings. The van der Waals surface area contributed by atoms with E-state index in [1.807, 2.05) is 45.0 Å². The first kappa shape index (κ1) is 25.2. The van der Waals surface area contributed by atoms with Gasteiger partial charge in [0.05, 0.1) is 28.8 Å². The number of thiazole rings is 1. The number of H-pyrrole nitrogens is 1. The minimum absolute atomic E-state index is 0.0317. The number of halogens is 1. The lowest BCUT2D eigenvalue weighted by atomic mass is 10.2. The molecule has 0 unspecified atom stereocenters. The molecule has 0 fully saturated rings. The van der Waals surface area contributed by atoms with Gasteiger partial charge in [-0.05, 0) is 39.0 Å². The van der Waals surface area contributed by atoms with Crippen molar-refractivity contribution < 1.29 is 18.7 Å². The van der Waals surface area contributed by atoms with E-state index < -0.39 is 23.4 Å². The largest absolute Gasteiger partial charge is 0.444 e. The summed E-state index contributed by atoms with van der Waals surface area (Å²) in [5.74, 6) is -0.243. The molecule has 0 spiro atoms. The number of benzene rings is 1. The van der Waals surface area contributed by atoms with Gasteiger partial charge in [-0.25, -0.2) is 19.2 Å². The fourth-order valence-corrected chi connectivity index (χ4v) is 4.16. The predicted octanol–water partition coefficient (Wildman–Crippen LogP) is 4.46. The Bertz CT molecular complexity index is 1330. The molecular weight excluding hydrogens is 483 g/mol. The van der Waals surface area contributed by atoms with Gasteiger partial charge in [-0.1, -0.05) is 12.1 Å². The highest BCUT2D eigenvalue weighted by Gasteiger charge is 2.24. The quantitative estimate of drug-likeness (QED) is 0.362. The number of carbonyl (C=O) groups excluding carboxylic acids is 2. The van der Waals surface area contributed by atoms with E-state index in [1.165, 1.54) is 23.6 Å². The van der Waals surface area contributed by atoms with Gasteiger partial charge in [-0.2, -0.15) is 0 Å². The van der Waals surface area contributed by atoms with Crippen LogP contribution < -0.4 is 5.32 Å². The smallest absolute Gasteiger partial charge is 0.410 e. The zero-order valence-electron chi connectivity index (χ0n) is 20.2. The van der Waals surface area contributed by atoms with Crippen LogP contribution in [0.5, 0.6) is 0 Å². The number of aromatic nitrogens is 4. The number of pyridine rings is 1. The Hall–Kier alpha value is -3.86. The van der Waals surface area contributed by atoms with E-state index >= 15 is 0 Å². The third-order valence-electron chi connectivity index (χ3n) is 5.11. The van der Waals surface area contributed by atoms with Gasteiger partial charge in [0.2, 0.25) is 0 Å². The Morgan fingerprint density at radius 3 is 2.75 bits per heavy atom. The molecule has 36 heavy (non-hydrogen) atoms. The number of para-hydroxylation sites is 2. The second-order valence-electron chi connectivity index (χ2n) is 9.13. The summed E-state index contributed by atoms with van der Waals surface area (Å²) in [5, 5.41) is 5.00. The van der Waals surface area contributed by atoms with E-state index in [0.29, 0.717) is 29.4 Å². The molecule has 9 nitrogen and oxygen atoms in total. The van der Waals surface area contributed by atoms with Crippen molar-refractivity contribution in [2.45, 2.75) is 45.9 Å². The normalized spacial score (nSPS) is 11.4. The molecule has 2 N–H and O–H groups in total. The SMILES string of the molecule is CC(C)(C)OC(=O)N(CCc1nc(C(=O)NCc2ccncc2F)cs1)Cc1nc2ccccc2[nH]1. The number of hydrogen-bond donors (Lipinski definition) is 2. The second kappa shape index (κ2) is 10.8. The maximum absolute atomic E-state index is 13.7. The topological polar surface area (TPSA) is 113 Å². The van der Waals surface area contributed by atoms with Crippen molar-refractivity contribution in [3.63, 3.8) is 0 Å². The number of imidazole rings is 1. The average molecular weight is 511 g/mol. The number of ether oxygens (including phenoxy) is 1. The van der Waals surface area contributed by atoms with E-state index in [0.717, 1.165) is 17.2 Å². The molecule has 2 amide bonds. The molecule has 0 aliphatic heterocycles. The fraction of sp³-hybridized carbons (Fsp3) is 0.320. The number of fused-ring (bicyclic) bond motifs is 1. The van der Waals surface area contributed by atoms with Crippen LogP contribution in [0.2, 0.25) is 0 Å². The second-order valence-corrected chi connectivity index (χ2v) is 10.1. The summed E-state index contributed by atoms with van der Waals surface area (Å²) in [4.78, 5) is 42.8. The highest BCUT2D eigenvalue weighted by Crippen LogP contribution is 2.17. The van der Waals surface area contributed by atoms with Crippen LogP contribution in [0.3, 0.4) is 0 Å². The summed E-state index contributed by atoms with van der Waals surface area (Å²) in [7, 11) is 0. The van der Waals surface area contributed by atoms with Gasteiger partial charge in [0.1, 0.15) is 22.9 Å². The lowest BCUT2D eigenvalue weighted by Gasteiger charge is -2.26. The van der Waals surface area contributed by atoms with Crippen molar-refractivity contribution in [3.05, 3.63) is 76.0 Å². The summed E-state index contributed by atoms with van der Waals surface area (Å²) in [6, 6.07) is 9.16. The molecule has 11 heteroatoms. The van der Waals surface area contributed by atoms with Gasteiger partial charge in [-0.3, -0.25) is 9.78 Å². The first-order valence-corrected chi connectivity index (χ1v) is 12.3. The number of nitrogens with one attached hydrogen (secondary N) is 2. The van der Waals surface area contributed by atoms with Crippen molar-refractivity contribution in [3.8, 4) is 0 Å². The van der Waals surface area contributed by atoms with E-state index in [9.17, 15) is 14.0 Å². The molecule has 0 radical (unpaired) electrons. The standard InChI is InChI=1S/C25H27FN6O3S/c1-25(2,3)35-24(34)32(14-21-29-18-6-4-5-7-19(18)30-21)11-9-22-31-20(15-36-22)23(33)28-12-16-8-10-27-13-17(16)26/h4-8,10,13,15H,9,11-12,14H2,1-3H3,(H,28,33)(H,29,30). The molecule has 0 saturated carbocycles. The molecule has 188 valence electrons. The Kier molecular flexibility index (Phi) is 7.58.